The van der Waals surface area contributed by atoms with Crippen molar-refractivity contribution >= 4 is 37.3 Å². The van der Waals surface area contributed by atoms with Crippen molar-refractivity contribution in [3.63, 3.8) is 0 Å². The molecule has 0 saturated heterocycles. The van der Waals surface area contributed by atoms with Crippen LogP contribution in [0.1, 0.15) is 0 Å². The fraction of sp³-hybridized carbons (Fsp3) is 0.800. The molecule has 0 aromatic carbocycles. The van der Waals surface area contributed by atoms with Gasteiger partial charge in [0, 0.05) is 42.7 Å². The number of rotatable bonds is 12. The van der Waals surface area contributed by atoms with E-state index in [1.807, 2.05) is 0 Å². The van der Waals surface area contributed by atoms with E-state index < -0.39 is 52.3 Å². The largest absolute Gasteiger partial charge is 0.516 e. The van der Waals surface area contributed by atoms with Gasteiger partial charge in [-0.15, -0.1) is 0 Å². The first kappa shape index (κ1) is 23.8. The van der Waals surface area contributed by atoms with Gasteiger partial charge in [0.05, 0.1) is 0 Å². The third-order valence-corrected chi connectivity index (χ3v) is 15.8. The minimum atomic E-state index is -4.35. The molecule has 0 spiro atoms. The van der Waals surface area contributed by atoms with Crippen LogP contribution in [-0.4, -0.2) is 87.9 Å². The highest BCUT2D eigenvalue weighted by molar-refractivity contribution is 8.15. The summed E-state index contributed by atoms with van der Waals surface area (Å²) in [5.74, 6) is 0. The first-order valence-electron chi connectivity index (χ1n) is 6.39. The summed E-state index contributed by atoms with van der Waals surface area (Å²) < 4.78 is 78.8. The molecule has 0 rings (SSSR count). The van der Waals surface area contributed by atoms with Crippen molar-refractivity contribution in [2.75, 3.05) is 53.4 Å². The Morgan fingerprint density at radius 1 is 0.667 bits per heavy atom. The summed E-state index contributed by atoms with van der Waals surface area (Å²) in [5, 5.41) is -1.55. The highest BCUT2D eigenvalue weighted by atomic mass is 32.3. The van der Waals surface area contributed by atoms with Gasteiger partial charge in [-0.05, 0) is 0 Å². The average Bonchev–Trinajstić information content (AvgIpc) is 2.57. The fourth-order valence-corrected chi connectivity index (χ4v) is 13.1. The minimum Gasteiger partial charge on any atom is -0.376 e. The molecule has 0 aliphatic carbocycles. The molecule has 0 atom stereocenters. The van der Waals surface area contributed by atoms with Crippen molar-refractivity contribution in [2.24, 2.45) is 0 Å². The van der Waals surface area contributed by atoms with Crippen molar-refractivity contribution < 1.29 is 43.4 Å². The number of hydrogen-bond donors (Lipinski definition) is 0. The van der Waals surface area contributed by atoms with Crippen LogP contribution in [0, 0.1) is 0 Å². The predicted octanol–water partition coefficient (Wildman–Crippen LogP) is -0.878. The van der Waals surface area contributed by atoms with Crippen molar-refractivity contribution in [3.8, 4) is 0 Å². The molecule has 0 unspecified atom stereocenters. The summed E-state index contributed by atoms with van der Waals surface area (Å²) in [4.78, 5) is 0. The lowest BCUT2D eigenvalue weighted by atomic mass is 11.2. The molecule has 144 valence electrons. The molecule has 0 N–H and O–H groups in total. The summed E-state index contributed by atoms with van der Waals surface area (Å²) in [6, 6.07) is 0. The van der Waals surface area contributed by atoms with Crippen LogP contribution in [0.4, 0.5) is 0 Å². The van der Waals surface area contributed by atoms with E-state index in [9.17, 15) is 16.8 Å². The third-order valence-electron chi connectivity index (χ3n) is 3.29. The van der Waals surface area contributed by atoms with E-state index in [-0.39, 0.29) is 0 Å². The van der Waals surface area contributed by atoms with E-state index in [0.717, 1.165) is 0 Å². The maximum absolute atomic E-state index is 12.4. The molecule has 0 saturated carbocycles. The molecule has 10 nitrogen and oxygen atoms in total. The van der Waals surface area contributed by atoms with Crippen LogP contribution in [0.3, 0.4) is 0 Å². The normalized spacial score (nSPS) is 13.9. The monoisotopic (exact) mass is 424 g/mol. The van der Waals surface area contributed by atoms with E-state index in [0.29, 0.717) is 0 Å². The summed E-state index contributed by atoms with van der Waals surface area (Å²) >= 11 is 0. The van der Waals surface area contributed by atoms with Gasteiger partial charge in [0.1, 0.15) is 10.8 Å². The zero-order valence-corrected chi connectivity index (χ0v) is 18.2. The SMILES string of the molecule is C=C(S(=O)(=O)C[Si](OC)(OC)OC)S(=O)(=O)C[Si](OC)(OC)OC. The van der Waals surface area contributed by atoms with Gasteiger partial charge in [0.15, 0.2) is 23.9 Å². The number of sulfone groups is 2. The molecule has 24 heavy (non-hydrogen) atoms. The van der Waals surface area contributed by atoms with Crippen molar-refractivity contribution in [1.82, 2.24) is 0 Å². The highest BCUT2D eigenvalue weighted by Crippen LogP contribution is 2.22. The summed E-state index contributed by atoms with van der Waals surface area (Å²) in [6.07, 6.45) is 0. The first-order chi connectivity index (χ1) is 10.9. The maximum atomic E-state index is 12.4. The third kappa shape index (κ3) is 5.42. The molecule has 0 heterocycles. The first-order valence-corrected chi connectivity index (χ1v) is 13.6. The Morgan fingerprint density at radius 3 is 1.04 bits per heavy atom. The van der Waals surface area contributed by atoms with Crippen LogP contribution in [-0.2, 0) is 46.2 Å². The van der Waals surface area contributed by atoms with Crippen LogP contribution in [0.2, 0.25) is 0 Å². The van der Waals surface area contributed by atoms with E-state index in [2.05, 4.69) is 6.58 Å². The van der Waals surface area contributed by atoms with Gasteiger partial charge >= 0.3 is 17.6 Å². The Hall–Kier alpha value is -0.166. The lowest BCUT2D eigenvalue weighted by molar-refractivity contribution is 0.129. The molecule has 0 aromatic heterocycles. The zero-order valence-electron chi connectivity index (χ0n) is 14.5. The average molecular weight is 425 g/mol. The Balaban J connectivity index is 5.66. The predicted molar refractivity (Wildman–Crippen MR) is 90.3 cm³/mol. The lowest BCUT2D eigenvalue weighted by Crippen LogP contribution is -2.52. The van der Waals surface area contributed by atoms with E-state index >= 15 is 0 Å². The van der Waals surface area contributed by atoms with Crippen LogP contribution in [0.15, 0.2) is 10.8 Å². The molecule has 0 aliphatic heterocycles. The molecular weight excluding hydrogens is 400 g/mol. The van der Waals surface area contributed by atoms with Gasteiger partial charge in [-0.25, -0.2) is 16.8 Å². The van der Waals surface area contributed by atoms with Gasteiger partial charge in [-0.2, -0.15) is 0 Å². The van der Waals surface area contributed by atoms with E-state index in [1.54, 1.807) is 0 Å². The van der Waals surface area contributed by atoms with Crippen molar-refractivity contribution in [1.29, 1.82) is 0 Å². The molecule has 0 fully saturated rings. The second-order valence-corrected chi connectivity index (χ2v) is 15.7. The molecular formula is C10H24O10S2Si2. The Labute approximate surface area is 145 Å². The number of hydrogen-bond acceptors (Lipinski definition) is 10. The summed E-state index contributed by atoms with van der Waals surface area (Å²) in [5.41, 5.74) is 0. The molecule has 0 radical (unpaired) electrons. The van der Waals surface area contributed by atoms with E-state index in [1.165, 1.54) is 42.7 Å². The molecule has 0 bridgehead atoms. The quantitative estimate of drug-likeness (QED) is 0.365. The van der Waals surface area contributed by atoms with Crippen LogP contribution in [0.25, 0.3) is 0 Å². The summed E-state index contributed by atoms with van der Waals surface area (Å²) in [6.45, 7) is 3.21. The smallest absolute Gasteiger partial charge is 0.376 e. The van der Waals surface area contributed by atoms with Crippen LogP contribution < -0.4 is 0 Å². The molecule has 0 amide bonds. The van der Waals surface area contributed by atoms with E-state index in [4.69, 9.17) is 26.6 Å². The topological polar surface area (TPSA) is 124 Å². The highest BCUT2D eigenvalue weighted by Gasteiger charge is 2.50. The maximum Gasteiger partial charge on any atom is 0.516 e. The molecule has 0 aliphatic rings. The zero-order chi connectivity index (χ0) is 19.2. The van der Waals surface area contributed by atoms with Crippen molar-refractivity contribution in [2.45, 2.75) is 0 Å². The van der Waals surface area contributed by atoms with Crippen molar-refractivity contribution in [3.05, 3.63) is 10.8 Å². The van der Waals surface area contributed by atoms with Gasteiger partial charge in [0.2, 0.25) is 0 Å². The minimum absolute atomic E-state index is 0.775. The van der Waals surface area contributed by atoms with Crippen LogP contribution in [0.5, 0.6) is 0 Å². The molecule has 0 aromatic rings. The Bertz CT molecular complexity index is 551. The summed E-state index contributed by atoms with van der Waals surface area (Å²) in [7, 11) is -8.57. The fourth-order valence-electron chi connectivity index (χ4n) is 1.67. The van der Waals surface area contributed by atoms with Gasteiger partial charge in [-0.3, -0.25) is 0 Å². The van der Waals surface area contributed by atoms with Gasteiger partial charge in [-0.1, -0.05) is 6.58 Å². The van der Waals surface area contributed by atoms with Gasteiger partial charge in [0.25, 0.3) is 0 Å². The van der Waals surface area contributed by atoms with Crippen LogP contribution >= 0.6 is 0 Å². The molecule has 14 heteroatoms. The second-order valence-electron chi connectivity index (χ2n) is 4.48. The standard InChI is InChI=1S/C10H24O10S2Si2/c1-10(21(11,12)8-23(15-2,16-3)17-4)22(13,14)9-24(18-5,19-6)20-7/h1,8-9H2,2-7H3. The van der Waals surface area contributed by atoms with Gasteiger partial charge < -0.3 is 26.6 Å². The Kier molecular flexibility index (Phi) is 8.91. The second kappa shape index (κ2) is 8.97. The Morgan fingerprint density at radius 2 is 0.875 bits per heavy atom. The lowest BCUT2D eigenvalue weighted by Gasteiger charge is -2.26.